The maximum atomic E-state index is 12.5. The molecule has 2 rings (SSSR count). The monoisotopic (exact) mass is 181 g/mol. The SMILES string of the molecule is Fc1ccc(OCC2CNC2)cc1. The molecule has 1 heterocycles. The van der Waals surface area contributed by atoms with Gasteiger partial charge in [0.25, 0.3) is 0 Å². The summed E-state index contributed by atoms with van der Waals surface area (Å²) in [6.07, 6.45) is 0. The van der Waals surface area contributed by atoms with Gasteiger partial charge in [-0.2, -0.15) is 0 Å². The van der Waals surface area contributed by atoms with E-state index < -0.39 is 0 Å². The van der Waals surface area contributed by atoms with Crippen LogP contribution in [0.25, 0.3) is 0 Å². The first-order valence-corrected chi connectivity index (χ1v) is 4.44. The van der Waals surface area contributed by atoms with Crippen molar-refractivity contribution in [2.75, 3.05) is 19.7 Å². The Balaban J connectivity index is 1.83. The van der Waals surface area contributed by atoms with E-state index in [1.807, 2.05) is 0 Å². The summed E-state index contributed by atoms with van der Waals surface area (Å²) in [7, 11) is 0. The highest BCUT2D eigenvalue weighted by Crippen LogP contribution is 2.13. The van der Waals surface area contributed by atoms with Gasteiger partial charge in [-0.05, 0) is 24.3 Å². The highest BCUT2D eigenvalue weighted by molar-refractivity contribution is 5.22. The van der Waals surface area contributed by atoms with Gasteiger partial charge in [-0.15, -0.1) is 0 Å². The Hall–Kier alpha value is -1.09. The van der Waals surface area contributed by atoms with Gasteiger partial charge in [-0.3, -0.25) is 0 Å². The van der Waals surface area contributed by atoms with Crippen molar-refractivity contribution in [2.45, 2.75) is 0 Å². The molecule has 1 aliphatic heterocycles. The van der Waals surface area contributed by atoms with Gasteiger partial charge in [0.1, 0.15) is 11.6 Å². The van der Waals surface area contributed by atoms with Crippen molar-refractivity contribution >= 4 is 0 Å². The molecule has 0 unspecified atom stereocenters. The number of nitrogens with one attached hydrogen (secondary N) is 1. The van der Waals surface area contributed by atoms with Crippen LogP contribution in [0.3, 0.4) is 0 Å². The predicted molar refractivity (Wildman–Crippen MR) is 48.3 cm³/mol. The second-order valence-electron chi connectivity index (χ2n) is 3.29. The standard InChI is InChI=1S/C10H12FNO/c11-9-1-3-10(4-2-9)13-7-8-5-12-6-8/h1-4,8,12H,5-7H2. The molecule has 0 aromatic heterocycles. The highest BCUT2D eigenvalue weighted by Gasteiger charge is 2.16. The molecule has 0 amide bonds. The molecule has 0 radical (unpaired) electrons. The van der Waals surface area contributed by atoms with E-state index in [9.17, 15) is 4.39 Å². The normalized spacial score (nSPS) is 16.7. The lowest BCUT2D eigenvalue weighted by Crippen LogP contribution is -2.45. The average molecular weight is 181 g/mol. The van der Waals surface area contributed by atoms with Crippen LogP contribution in [-0.2, 0) is 0 Å². The minimum absolute atomic E-state index is 0.224. The van der Waals surface area contributed by atoms with Gasteiger partial charge in [0.2, 0.25) is 0 Å². The first kappa shape index (κ1) is 8.51. The van der Waals surface area contributed by atoms with Crippen LogP contribution in [0.2, 0.25) is 0 Å². The van der Waals surface area contributed by atoms with Crippen LogP contribution in [0.5, 0.6) is 5.75 Å². The smallest absolute Gasteiger partial charge is 0.123 e. The third-order valence-electron chi connectivity index (χ3n) is 2.17. The van der Waals surface area contributed by atoms with Crippen LogP contribution in [0.1, 0.15) is 0 Å². The minimum Gasteiger partial charge on any atom is -0.493 e. The molecule has 1 fully saturated rings. The first-order chi connectivity index (χ1) is 6.34. The van der Waals surface area contributed by atoms with Crippen LogP contribution >= 0.6 is 0 Å². The summed E-state index contributed by atoms with van der Waals surface area (Å²) in [5, 5.41) is 3.17. The molecule has 3 heteroatoms. The Morgan fingerprint density at radius 1 is 1.31 bits per heavy atom. The Morgan fingerprint density at radius 3 is 2.54 bits per heavy atom. The van der Waals surface area contributed by atoms with E-state index in [0.717, 1.165) is 25.4 Å². The predicted octanol–water partition coefficient (Wildman–Crippen LogP) is 1.42. The number of halogens is 1. The molecule has 1 aliphatic rings. The fourth-order valence-corrected chi connectivity index (χ4v) is 1.21. The highest BCUT2D eigenvalue weighted by atomic mass is 19.1. The van der Waals surface area contributed by atoms with Crippen molar-refractivity contribution in [1.82, 2.24) is 5.32 Å². The van der Waals surface area contributed by atoms with Crippen molar-refractivity contribution in [1.29, 1.82) is 0 Å². The van der Waals surface area contributed by atoms with Crippen molar-refractivity contribution in [3.63, 3.8) is 0 Å². The molecule has 13 heavy (non-hydrogen) atoms. The van der Waals surface area contributed by atoms with Gasteiger partial charge >= 0.3 is 0 Å². The summed E-state index contributed by atoms with van der Waals surface area (Å²) in [5.41, 5.74) is 0. The molecule has 70 valence electrons. The van der Waals surface area contributed by atoms with E-state index in [4.69, 9.17) is 4.74 Å². The van der Waals surface area contributed by atoms with Crippen LogP contribution in [-0.4, -0.2) is 19.7 Å². The van der Waals surface area contributed by atoms with Gasteiger partial charge in [0.15, 0.2) is 0 Å². The quantitative estimate of drug-likeness (QED) is 0.761. The molecule has 1 saturated heterocycles. The largest absolute Gasteiger partial charge is 0.493 e. The Bertz CT molecular complexity index is 269. The molecule has 0 spiro atoms. The first-order valence-electron chi connectivity index (χ1n) is 4.44. The van der Waals surface area contributed by atoms with Crippen LogP contribution in [0, 0.1) is 11.7 Å². The minimum atomic E-state index is -0.224. The van der Waals surface area contributed by atoms with Crippen molar-refractivity contribution in [3.05, 3.63) is 30.1 Å². The van der Waals surface area contributed by atoms with E-state index in [1.165, 1.54) is 12.1 Å². The second-order valence-corrected chi connectivity index (χ2v) is 3.29. The zero-order chi connectivity index (χ0) is 9.10. The van der Waals surface area contributed by atoms with Crippen LogP contribution < -0.4 is 10.1 Å². The topological polar surface area (TPSA) is 21.3 Å². The third kappa shape index (κ3) is 2.18. The molecule has 0 atom stereocenters. The lowest BCUT2D eigenvalue weighted by molar-refractivity contribution is 0.199. The molecule has 1 N–H and O–H groups in total. The Morgan fingerprint density at radius 2 is 2.00 bits per heavy atom. The summed E-state index contributed by atoms with van der Waals surface area (Å²) in [6.45, 7) is 2.78. The molecule has 0 aliphatic carbocycles. The van der Waals surface area contributed by atoms with Crippen LogP contribution in [0.15, 0.2) is 24.3 Å². The van der Waals surface area contributed by atoms with Crippen molar-refractivity contribution < 1.29 is 9.13 Å². The number of rotatable bonds is 3. The van der Waals surface area contributed by atoms with E-state index in [2.05, 4.69) is 5.32 Å². The van der Waals surface area contributed by atoms with E-state index in [1.54, 1.807) is 12.1 Å². The molecule has 0 saturated carbocycles. The summed E-state index contributed by atoms with van der Waals surface area (Å²) >= 11 is 0. The molecular formula is C10H12FNO. The van der Waals surface area contributed by atoms with Gasteiger partial charge in [0.05, 0.1) is 6.61 Å². The van der Waals surface area contributed by atoms with E-state index >= 15 is 0 Å². The maximum Gasteiger partial charge on any atom is 0.123 e. The third-order valence-corrected chi connectivity index (χ3v) is 2.17. The van der Waals surface area contributed by atoms with Gasteiger partial charge < -0.3 is 10.1 Å². The van der Waals surface area contributed by atoms with Gasteiger partial charge in [-0.1, -0.05) is 0 Å². The maximum absolute atomic E-state index is 12.5. The number of ether oxygens (including phenoxy) is 1. The lowest BCUT2D eigenvalue weighted by atomic mass is 10.1. The number of hydrogen-bond donors (Lipinski definition) is 1. The lowest BCUT2D eigenvalue weighted by Gasteiger charge is -2.26. The average Bonchev–Trinajstić information content (AvgIpc) is 2.05. The Labute approximate surface area is 76.7 Å². The number of hydrogen-bond acceptors (Lipinski definition) is 2. The summed E-state index contributed by atoms with van der Waals surface area (Å²) in [5.74, 6) is 1.14. The summed E-state index contributed by atoms with van der Waals surface area (Å²) in [4.78, 5) is 0. The zero-order valence-corrected chi connectivity index (χ0v) is 7.29. The zero-order valence-electron chi connectivity index (χ0n) is 7.29. The second kappa shape index (κ2) is 3.75. The van der Waals surface area contributed by atoms with Crippen LogP contribution in [0.4, 0.5) is 4.39 Å². The molecule has 2 nitrogen and oxygen atoms in total. The fourth-order valence-electron chi connectivity index (χ4n) is 1.21. The molecule has 1 aromatic carbocycles. The number of benzene rings is 1. The molecule has 1 aromatic rings. The summed E-state index contributed by atoms with van der Waals surface area (Å²) in [6, 6.07) is 6.13. The van der Waals surface area contributed by atoms with Gasteiger partial charge in [0, 0.05) is 19.0 Å². The fraction of sp³-hybridized carbons (Fsp3) is 0.400. The molecule has 0 bridgehead atoms. The van der Waals surface area contributed by atoms with Crippen molar-refractivity contribution in [2.24, 2.45) is 5.92 Å². The van der Waals surface area contributed by atoms with E-state index in [0.29, 0.717) is 5.92 Å². The Kier molecular flexibility index (Phi) is 2.45. The van der Waals surface area contributed by atoms with E-state index in [-0.39, 0.29) is 5.82 Å². The van der Waals surface area contributed by atoms with Crippen molar-refractivity contribution in [3.8, 4) is 5.75 Å². The molecular weight excluding hydrogens is 169 g/mol. The summed E-state index contributed by atoms with van der Waals surface area (Å²) < 4.78 is 18.0. The van der Waals surface area contributed by atoms with Gasteiger partial charge in [-0.25, -0.2) is 4.39 Å².